The Morgan fingerprint density at radius 1 is 1.03 bits per heavy atom. The Hall–Kier alpha value is -4.24. The van der Waals surface area contributed by atoms with E-state index < -0.39 is 23.5 Å². The summed E-state index contributed by atoms with van der Waals surface area (Å²) < 4.78 is 24.9. The number of amides is 1. The van der Waals surface area contributed by atoms with E-state index in [2.05, 4.69) is 4.98 Å². The summed E-state index contributed by atoms with van der Waals surface area (Å²) in [5.74, 6) is -1.19. The van der Waals surface area contributed by atoms with E-state index in [1.165, 1.54) is 30.2 Å². The molecule has 1 saturated heterocycles. The molecular formula is C27H21FN2O5S. The number of fused-ring (bicyclic) bond motifs is 1. The highest BCUT2D eigenvalue weighted by atomic mass is 32.1. The second-order valence-electron chi connectivity index (χ2n) is 8.24. The number of hydrogen-bond acceptors (Lipinski definition) is 7. The number of carbonyl (C=O) groups is 2. The van der Waals surface area contributed by atoms with Crippen molar-refractivity contribution < 1.29 is 28.6 Å². The molecule has 0 radical (unpaired) electrons. The summed E-state index contributed by atoms with van der Waals surface area (Å²) in [6, 6.07) is 15.0. The van der Waals surface area contributed by atoms with Gasteiger partial charge in [-0.3, -0.25) is 14.5 Å². The number of aliphatic hydroxyl groups excluding tert-OH is 1. The minimum atomic E-state index is -0.955. The van der Waals surface area contributed by atoms with Gasteiger partial charge in [0.1, 0.15) is 23.1 Å². The lowest BCUT2D eigenvalue weighted by atomic mass is 9.95. The first-order valence-corrected chi connectivity index (χ1v) is 11.8. The summed E-state index contributed by atoms with van der Waals surface area (Å²) in [5.41, 5.74) is 2.13. The number of hydrogen-bond donors (Lipinski definition) is 1. The maximum atomic E-state index is 13.8. The molecule has 4 aromatic rings. The fourth-order valence-electron chi connectivity index (χ4n) is 4.30. The molecule has 1 amide bonds. The maximum Gasteiger partial charge on any atom is 0.301 e. The molecule has 2 heterocycles. The summed E-state index contributed by atoms with van der Waals surface area (Å²) in [6.07, 6.45) is 0. The quantitative estimate of drug-likeness (QED) is 0.223. The van der Waals surface area contributed by atoms with Crippen LogP contribution in [0.5, 0.6) is 11.5 Å². The van der Waals surface area contributed by atoms with Crippen molar-refractivity contribution in [2.24, 2.45) is 0 Å². The van der Waals surface area contributed by atoms with Crippen molar-refractivity contribution in [3.63, 3.8) is 0 Å². The van der Waals surface area contributed by atoms with Gasteiger partial charge in [-0.25, -0.2) is 9.37 Å². The average molecular weight is 505 g/mol. The van der Waals surface area contributed by atoms with E-state index >= 15 is 0 Å². The van der Waals surface area contributed by atoms with Gasteiger partial charge in [-0.2, -0.15) is 0 Å². The van der Waals surface area contributed by atoms with Gasteiger partial charge in [0.2, 0.25) is 0 Å². The van der Waals surface area contributed by atoms with E-state index in [-0.39, 0.29) is 16.5 Å². The summed E-state index contributed by atoms with van der Waals surface area (Å²) in [5, 5.41) is 11.5. The van der Waals surface area contributed by atoms with E-state index in [4.69, 9.17) is 9.47 Å². The van der Waals surface area contributed by atoms with Gasteiger partial charge in [0.25, 0.3) is 5.78 Å². The van der Waals surface area contributed by atoms with Crippen LogP contribution < -0.4 is 14.4 Å². The molecule has 1 atom stereocenters. The molecule has 0 bridgehead atoms. The van der Waals surface area contributed by atoms with Crippen LogP contribution in [0.25, 0.3) is 16.0 Å². The first kappa shape index (κ1) is 23.5. The van der Waals surface area contributed by atoms with Gasteiger partial charge in [0.05, 0.1) is 36.1 Å². The van der Waals surface area contributed by atoms with Crippen LogP contribution in [-0.2, 0) is 9.59 Å². The third-order valence-corrected chi connectivity index (χ3v) is 7.11. The summed E-state index contributed by atoms with van der Waals surface area (Å²) in [6.45, 7) is 1.81. The molecule has 1 fully saturated rings. The number of thiazole rings is 1. The fraction of sp³-hybridized carbons (Fsp3) is 0.148. The molecule has 3 aromatic carbocycles. The van der Waals surface area contributed by atoms with Gasteiger partial charge in [-0.05, 0) is 66.6 Å². The molecule has 0 aliphatic carbocycles. The highest BCUT2D eigenvalue weighted by molar-refractivity contribution is 7.22. The molecule has 1 unspecified atom stereocenters. The fourth-order valence-corrected chi connectivity index (χ4v) is 5.32. The second-order valence-corrected chi connectivity index (χ2v) is 9.24. The van der Waals surface area contributed by atoms with Gasteiger partial charge < -0.3 is 14.6 Å². The van der Waals surface area contributed by atoms with Crippen LogP contribution >= 0.6 is 11.3 Å². The number of nitrogens with zero attached hydrogens (tertiary/aromatic N) is 2. The van der Waals surface area contributed by atoms with Crippen LogP contribution in [-0.4, -0.2) is 36.0 Å². The van der Waals surface area contributed by atoms with Crippen LogP contribution in [0.15, 0.2) is 66.2 Å². The lowest BCUT2D eigenvalue weighted by molar-refractivity contribution is -0.132. The Kier molecular flexibility index (Phi) is 5.93. The van der Waals surface area contributed by atoms with Gasteiger partial charge in [-0.15, -0.1) is 0 Å². The van der Waals surface area contributed by atoms with Crippen LogP contribution in [0.3, 0.4) is 0 Å². The zero-order valence-corrected chi connectivity index (χ0v) is 20.4. The van der Waals surface area contributed by atoms with Crippen LogP contribution in [0, 0.1) is 12.7 Å². The number of aliphatic hydroxyl groups is 1. The molecule has 1 aliphatic rings. The number of methoxy groups -OCH3 is 2. The van der Waals surface area contributed by atoms with Gasteiger partial charge in [0, 0.05) is 5.56 Å². The van der Waals surface area contributed by atoms with Gasteiger partial charge in [0.15, 0.2) is 5.13 Å². The van der Waals surface area contributed by atoms with E-state index in [1.54, 1.807) is 49.6 Å². The number of halogens is 1. The molecule has 7 nitrogen and oxygen atoms in total. The molecular weight excluding hydrogens is 483 g/mol. The summed E-state index contributed by atoms with van der Waals surface area (Å²) in [4.78, 5) is 32.4. The number of aromatic nitrogens is 1. The summed E-state index contributed by atoms with van der Waals surface area (Å²) >= 11 is 1.09. The topological polar surface area (TPSA) is 89.0 Å². The molecule has 182 valence electrons. The zero-order valence-electron chi connectivity index (χ0n) is 19.6. The number of Topliss-reactive ketones (excluding diaryl/α,β-unsaturated/α-hetero) is 1. The number of rotatable bonds is 5. The highest BCUT2D eigenvalue weighted by Crippen LogP contribution is 2.44. The normalized spacial score (nSPS) is 17.1. The predicted octanol–water partition coefficient (Wildman–Crippen LogP) is 5.39. The largest absolute Gasteiger partial charge is 0.507 e. The number of benzene rings is 3. The molecule has 5 rings (SSSR count). The third kappa shape index (κ3) is 3.87. The molecule has 9 heteroatoms. The highest BCUT2D eigenvalue weighted by Gasteiger charge is 2.48. The third-order valence-electron chi connectivity index (χ3n) is 6.09. The van der Waals surface area contributed by atoms with E-state index in [0.717, 1.165) is 16.9 Å². The molecule has 1 N–H and O–H groups in total. The Labute approximate surface area is 210 Å². The Bertz CT molecular complexity index is 1540. The Morgan fingerprint density at radius 2 is 1.78 bits per heavy atom. The predicted molar refractivity (Wildman–Crippen MR) is 135 cm³/mol. The number of ether oxygens (including phenoxy) is 2. The lowest BCUT2D eigenvalue weighted by Gasteiger charge is -2.23. The number of ketones is 1. The van der Waals surface area contributed by atoms with Crippen molar-refractivity contribution in [1.82, 2.24) is 4.98 Å². The molecule has 1 aromatic heterocycles. The van der Waals surface area contributed by atoms with E-state index in [1.807, 2.05) is 6.92 Å². The summed E-state index contributed by atoms with van der Waals surface area (Å²) in [7, 11) is 3.08. The van der Waals surface area contributed by atoms with E-state index in [0.29, 0.717) is 32.8 Å². The van der Waals surface area contributed by atoms with Crippen LogP contribution in [0.1, 0.15) is 22.7 Å². The standard InChI is InChI=1S/C27H21FN2O5S/c1-14-12-16(6-11-20(14)35-3)24(31)22-23(15-4-8-18(34-2)9-5-15)30(26(33)25(22)32)27-29-19-10-7-17(28)13-21(19)36-27/h4-13,23,31H,1-3H3/b24-22+. The number of anilines is 1. The van der Waals surface area contributed by atoms with Crippen LogP contribution in [0.4, 0.5) is 9.52 Å². The maximum absolute atomic E-state index is 13.8. The zero-order chi connectivity index (χ0) is 25.6. The second kappa shape index (κ2) is 9.09. The van der Waals surface area contributed by atoms with Crippen molar-refractivity contribution in [1.29, 1.82) is 0 Å². The van der Waals surface area contributed by atoms with Crippen molar-refractivity contribution in [2.75, 3.05) is 19.1 Å². The Balaban J connectivity index is 1.71. The first-order chi connectivity index (χ1) is 17.3. The number of aryl methyl sites for hydroxylation is 1. The van der Waals surface area contributed by atoms with Gasteiger partial charge in [-0.1, -0.05) is 23.5 Å². The average Bonchev–Trinajstić information content (AvgIpc) is 3.41. The number of carbonyl (C=O) groups excluding carboxylic acids is 2. The van der Waals surface area contributed by atoms with Crippen molar-refractivity contribution in [3.8, 4) is 11.5 Å². The molecule has 1 aliphatic heterocycles. The van der Waals surface area contributed by atoms with Gasteiger partial charge >= 0.3 is 5.91 Å². The van der Waals surface area contributed by atoms with Crippen molar-refractivity contribution in [3.05, 3.63) is 88.7 Å². The van der Waals surface area contributed by atoms with Crippen molar-refractivity contribution in [2.45, 2.75) is 13.0 Å². The minimum Gasteiger partial charge on any atom is -0.507 e. The SMILES string of the molecule is COc1ccc(C2/C(=C(\O)c3ccc(OC)c(C)c3)C(=O)C(=O)N2c2nc3ccc(F)cc3s2)cc1. The molecule has 0 saturated carbocycles. The molecule has 0 spiro atoms. The minimum absolute atomic E-state index is 0.0693. The van der Waals surface area contributed by atoms with E-state index in [9.17, 15) is 19.1 Å². The monoisotopic (exact) mass is 504 g/mol. The first-order valence-electron chi connectivity index (χ1n) is 11.0. The van der Waals surface area contributed by atoms with Crippen molar-refractivity contribution >= 4 is 44.1 Å². The molecule has 36 heavy (non-hydrogen) atoms. The van der Waals surface area contributed by atoms with Crippen LogP contribution in [0.2, 0.25) is 0 Å². The lowest BCUT2D eigenvalue weighted by Crippen LogP contribution is -2.29. The Morgan fingerprint density at radius 3 is 2.44 bits per heavy atom. The smallest absolute Gasteiger partial charge is 0.301 e.